The number of benzene rings is 1. The van der Waals surface area contributed by atoms with E-state index in [1.807, 2.05) is 12.1 Å². The van der Waals surface area contributed by atoms with Gasteiger partial charge < -0.3 is 5.11 Å². The molecular formula is C22H22FN3O2S. The Balaban J connectivity index is 2.23. The summed E-state index contributed by atoms with van der Waals surface area (Å²) in [5.41, 5.74) is 1.40. The van der Waals surface area contributed by atoms with Gasteiger partial charge in [-0.1, -0.05) is 32.9 Å². The van der Waals surface area contributed by atoms with E-state index in [4.69, 9.17) is 4.98 Å². The Morgan fingerprint density at radius 1 is 1.28 bits per heavy atom. The average Bonchev–Trinajstić information content (AvgIpc) is 3.13. The van der Waals surface area contributed by atoms with Crippen LogP contribution < -0.4 is 4.90 Å². The highest BCUT2D eigenvalue weighted by Crippen LogP contribution is 2.42. The molecule has 5 nitrogen and oxygen atoms in total. The molecule has 0 aliphatic heterocycles. The minimum absolute atomic E-state index is 0.0166. The van der Waals surface area contributed by atoms with Gasteiger partial charge in [-0.15, -0.1) is 17.9 Å². The topological polar surface area (TPSA) is 66.3 Å². The second-order valence-electron chi connectivity index (χ2n) is 7.50. The molecule has 0 saturated carbocycles. The van der Waals surface area contributed by atoms with Crippen molar-refractivity contribution in [1.29, 1.82) is 0 Å². The van der Waals surface area contributed by atoms with E-state index in [0.29, 0.717) is 5.69 Å². The molecule has 0 aliphatic rings. The van der Waals surface area contributed by atoms with Crippen LogP contribution in [0.3, 0.4) is 0 Å². The number of hydrogen-bond donors (Lipinski definition) is 1. The lowest BCUT2D eigenvalue weighted by Gasteiger charge is -2.19. The third kappa shape index (κ3) is 4.19. The molecule has 0 unspecified atom stereocenters. The fourth-order valence-electron chi connectivity index (χ4n) is 2.84. The summed E-state index contributed by atoms with van der Waals surface area (Å²) >= 11 is 1.50. The van der Waals surface area contributed by atoms with Gasteiger partial charge in [0.2, 0.25) is 0 Å². The molecular weight excluding hydrogens is 389 g/mol. The van der Waals surface area contributed by atoms with Gasteiger partial charge in [-0.05, 0) is 29.8 Å². The van der Waals surface area contributed by atoms with E-state index in [9.17, 15) is 9.90 Å². The van der Waals surface area contributed by atoms with Crippen LogP contribution in [0, 0.1) is 5.82 Å². The number of anilines is 1. The van der Waals surface area contributed by atoms with Crippen LogP contribution in [0.4, 0.5) is 14.9 Å². The number of halogens is 1. The van der Waals surface area contributed by atoms with Crippen LogP contribution in [-0.4, -0.2) is 27.7 Å². The molecule has 29 heavy (non-hydrogen) atoms. The van der Waals surface area contributed by atoms with E-state index in [0.717, 1.165) is 20.3 Å². The number of thiazole rings is 1. The molecule has 150 valence electrons. The van der Waals surface area contributed by atoms with E-state index < -0.39 is 11.9 Å². The lowest BCUT2D eigenvalue weighted by Crippen LogP contribution is -2.30. The summed E-state index contributed by atoms with van der Waals surface area (Å²) in [6, 6.07) is 8.41. The third-order valence-electron chi connectivity index (χ3n) is 4.28. The molecule has 0 saturated heterocycles. The van der Waals surface area contributed by atoms with Crippen molar-refractivity contribution >= 4 is 23.1 Å². The van der Waals surface area contributed by atoms with Crippen molar-refractivity contribution in [3.63, 3.8) is 0 Å². The highest BCUT2D eigenvalue weighted by molar-refractivity contribution is 7.15. The van der Waals surface area contributed by atoms with E-state index in [-0.39, 0.29) is 23.2 Å². The normalized spacial score (nSPS) is 11.3. The van der Waals surface area contributed by atoms with Crippen molar-refractivity contribution in [3.05, 3.63) is 66.2 Å². The van der Waals surface area contributed by atoms with Gasteiger partial charge in [0, 0.05) is 29.9 Å². The maximum absolute atomic E-state index is 15.5. The molecule has 1 aromatic carbocycles. The van der Waals surface area contributed by atoms with Crippen LogP contribution in [-0.2, 0) is 5.41 Å². The smallest absolute Gasteiger partial charge is 0.412 e. The molecule has 0 fully saturated rings. The first kappa shape index (κ1) is 20.7. The van der Waals surface area contributed by atoms with Crippen molar-refractivity contribution in [1.82, 2.24) is 9.97 Å². The van der Waals surface area contributed by atoms with Gasteiger partial charge >= 0.3 is 6.09 Å². The van der Waals surface area contributed by atoms with Crippen LogP contribution in [0.15, 0.2) is 55.4 Å². The first-order valence-corrected chi connectivity index (χ1v) is 9.87. The van der Waals surface area contributed by atoms with E-state index in [1.165, 1.54) is 23.5 Å². The zero-order valence-corrected chi connectivity index (χ0v) is 17.3. The maximum Gasteiger partial charge on any atom is 0.412 e. The second kappa shape index (κ2) is 8.13. The Hall–Kier alpha value is -3.06. The Bertz CT molecular complexity index is 1040. The molecule has 7 heteroatoms. The van der Waals surface area contributed by atoms with Gasteiger partial charge in [0.15, 0.2) is 5.82 Å². The third-order valence-corrected chi connectivity index (χ3v) is 5.81. The van der Waals surface area contributed by atoms with E-state index in [2.05, 4.69) is 32.3 Å². The molecule has 0 spiro atoms. The number of pyridine rings is 1. The van der Waals surface area contributed by atoms with Crippen LogP contribution in [0.5, 0.6) is 0 Å². The van der Waals surface area contributed by atoms with Crippen molar-refractivity contribution in [2.75, 3.05) is 11.4 Å². The number of carboxylic acid groups (broad SMARTS) is 1. The Kier molecular flexibility index (Phi) is 5.79. The number of rotatable bonds is 5. The number of hydrogen-bond acceptors (Lipinski definition) is 4. The van der Waals surface area contributed by atoms with Crippen LogP contribution in [0.25, 0.3) is 21.7 Å². The molecule has 3 rings (SSSR count). The van der Waals surface area contributed by atoms with Crippen molar-refractivity contribution in [2.24, 2.45) is 0 Å². The predicted octanol–water partition coefficient (Wildman–Crippen LogP) is 5.98. The van der Waals surface area contributed by atoms with Crippen molar-refractivity contribution in [2.45, 2.75) is 26.2 Å². The standard InChI is InChI=1S/C22H22FN3O2S/c1-5-13-26(21(27)28)16-8-6-7-15(17(16)23)18-19(14-9-11-24-12-10-14)29-20(25-18)22(2,3)4/h5-12H,1,13H2,2-4H3,(H,27,28). The van der Waals surface area contributed by atoms with Gasteiger partial charge in [0.25, 0.3) is 0 Å². The van der Waals surface area contributed by atoms with E-state index >= 15 is 4.39 Å². The predicted molar refractivity (Wildman–Crippen MR) is 115 cm³/mol. The summed E-state index contributed by atoms with van der Waals surface area (Å²) in [7, 11) is 0. The van der Waals surface area contributed by atoms with Gasteiger partial charge in [-0.3, -0.25) is 9.88 Å². The lowest BCUT2D eigenvalue weighted by atomic mass is 9.98. The first-order chi connectivity index (χ1) is 13.7. The van der Waals surface area contributed by atoms with Crippen LogP contribution >= 0.6 is 11.3 Å². The highest BCUT2D eigenvalue weighted by atomic mass is 32.1. The quantitative estimate of drug-likeness (QED) is 0.525. The molecule has 1 amide bonds. The molecule has 0 aliphatic carbocycles. The lowest BCUT2D eigenvalue weighted by molar-refractivity contribution is 0.202. The summed E-state index contributed by atoms with van der Waals surface area (Å²) in [6.45, 7) is 9.69. The first-order valence-electron chi connectivity index (χ1n) is 9.06. The zero-order valence-electron chi connectivity index (χ0n) is 16.5. The highest BCUT2D eigenvalue weighted by Gasteiger charge is 2.26. The largest absolute Gasteiger partial charge is 0.465 e. The Morgan fingerprint density at radius 3 is 2.55 bits per heavy atom. The summed E-state index contributed by atoms with van der Waals surface area (Å²) in [4.78, 5) is 22.2. The summed E-state index contributed by atoms with van der Waals surface area (Å²) in [5.74, 6) is -0.627. The summed E-state index contributed by atoms with van der Waals surface area (Å²) < 4.78 is 15.5. The second-order valence-corrected chi connectivity index (χ2v) is 8.50. The van der Waals surface area contributed by atoms with Crippen molar-refractivity contribution < 1.29 is 14.3 Å². The number of nitrogens with zero attached hydrogens (tertiary/aromatic N) is 3. The fraction of sp³-hybridized carbons (Fsp3) is 0.227. The molecule has 2 aromatic heterocycles. The fourth-order valence-corrected chi connectivity index (χ4v) is 3.98. The Labute approximate surface area is 173 Å². The average molecular weight is 412 g/mol. The van der Waals surface area contributed by atoms with Gasteiger partial charge in [-0.25, -0.2) is 14.2 Å². The maximum atomic E-state index is 15.5. The molecule has 2 heterocycles. The number of aromatic nitrogens is 2. The molecule has 3 aromatic rings. The van der Waals surface area contributed by atoms with Gasteiger partial charge in [-0.2, -0.15) is 0 Å². The molecule has 0 atom stereocenters. The number of amides is 1. The van der Waals surface area contributed by atoms with Crippen molar-refractivity contribution in [3.8, 4) is 21.7 Å². The van der Waals surface area contributed by atoms with Gasteiger partial charge in [0.05, 0.1) is 21.3 Å². The SMILES string of the molecule is C=CCN(C(=O)O)c1cccc(-c2nc(C(C)(C)C)sc2-c2ccncc2)c1F. The molecule has 0 bridgehead atoms. The minimum Gasteiger partial charge on any atom is -0.465 e. The number of carbonyl (C=O) groups is 1. The van der Waals surface area contributed by atoms with Gasteiger partial charge in [0.1, 0.15) is 0 Å². The molecule has 1 N–H and O–H groups in total. The zero-order chi connectivity index (χ0) is 21.2. The van der Waals surface area contributed by atoms with Crippen LogP contribution in [0.1, 0.15) is 25.8 Å². The Morgan fingerprint density at radius 2 is 1.97 bits per heavy atom. The summed E-state index contributed by atoms with van der Waals surface area (Å²) in [6.07, 6.45) is 3.53. The monoisotopic (exact) mass is 411 g/mol. The molecule has 0 radical (unpaired) electrons. The summed E-state index contributed by atoms with van der Waals surface area (Å²) in [5, 5.41) is 10.3. The van der Waals surface area contributed by atoms with Crippen LogP contribution in [0.2, 0.25) is 0 Å². The minimum atomic E-state index is -1.25. The van der Waals surface area contributed by atoms with E-state index in [1.54, 1.807) is 24.5 Å².